The van der Waals surface area contributed by atoms with Crippen molar-refractivity contribution in [2.75, 3.05) is 0 Å². The fraction of sp³-hybridized carbons (Fsp3) is 0.960. The minimum absolute atomic E-state index is 0.0634. The molecule has 0 aromatic rings. The Kier molecular flexibility index (Phi) is 5.82. The summed E-state index contributed by atoms with van der Waals surface area (Å²) in [5.41, 5.74) is -1.03. The van der Waals surface area contributed by atoms with E-state index in [4.69, 9.17) is 0 Å². The van der Waals surface area contributed by atoms with Gasteiger partial charge in [-0.2, -0.15) is 0 Å². The standard InChI is InChI=1S/C25H42O7/c1-5-6-13(2)14-7-8-15-19-16(11-18(26)23(14,15)4)22(3)9-10-24(29,30)20(21(27)28)17(22)12-25(19,31)32/h13-20,26,29-32H,5-12H2,1-4H3,(H,27,28)/t13-,14-,15+,16+,17-,18+,19+,20?,22-,23-/m1/s1. The van der Waals surface area contributed by atoms with Crippen LogP contribution in [0.3, 0.4) is 0 Å². The van der Waals surface area contributed by atoms with E-state index in [1.165, 1.54) is 0 Å². The first-order chi connectivity index (χ1) is 14.7. The van der Waals surface area contributed by atoms with Gasteiger partial charge in [-0.3, -0.25) is 4.79 Å². The number of rotatable bonds is 4. The monoisotopic (exact) mass is 454 g/mol. The van der Waals surface area contributed by atoms with Crippen LogP contribution in [0.5, 0.6) is 0 Å². The van der Waals surface area contributed by atoms with Crippen LogP contribution in [0.25, 0.3) is 0 Å². The second-order valence-corrected chi connectivity index (χ2v) is 12.2. The van der Waals surface area contributed by atoms with Crippen molar-refractivity contribution < 1.29 is 35.4 Å². The minimum atomic E-state index is -2.38. The number of carboxylic acids is 1. The largest absolute Gasteiger partial charge is 0.481 e. The van der Waals surface area contributed by atoms with E-state index in [1.807, 2.05) is 6.92 Å². The number of carbonyl (C=O) groups is 1. The molecule has 4 aliphatic carbocycles. The number of aliphatic hydroxyl groups excluding tert-OH is 1. The lowest BCUT2D eigenvalue weighted by atomic mass is 9.40. The third-order valence-corrected chi connectivity index (χ3v) is 10.8. The van der Waals surface area contributed by atoms with Crippen molar-refractivity contribution in [2.24, 2.45) is 52.3 Å². The van der Waals surface area contributed by atoms with Crippen LogP contribution in [0.1, 0.15) is 79.1 Å². The number of aliphatic carboxylic acids is 1. The molecule has 0 amide bonds. The van der Waals surface area contributed by atoms with Gasteiger partial charge in [-0.15, -0.1) is 0 Å². The molecule has 0 aromatic carbocycles. The van der Waals surface area contributed by atoms with E-state index in [0.29, 0.717) is 24.7 Å². The van der Waals surface area contributed by atoms with E-state index in [9.17, 15) is 35.4 Å². The van der Waals surface area contributed by atoms with Gasteiger partial charge in [-0.1, -0.05) is 40.5 Å². The highest BCUT2D eigenvalue weighted by Gasteiger charge is 2.71. The second kappa shape index (κ2) is 7.64. The molecular weight excluding hydrogens is 412 g/mol. The van der Waals surface area contributed by atoms with E-state index in [0.717, 1.165) is 25.7 Å². The third kappa shape index (κ3) is 3.22. The van der Waals surface area contributed by atoms with Gasteiger partial charge in [0.05, 0.1) is 6.10 Å². The van der Waals surface area contributed by atoms with Crippen LogP contribution in [-0.4, -0.2) is 54.3 Å². The predicted molar refractivity (Wildman–Crippen MR) is 117 cm³/mol. The Labute approximate surface area is 190 Å². The van der Waals surface area contributed by atoms with Gasteiger partial charge in [0.25, 0.3) is 0 Å². The third-order valence-electron chi connectivity index (χ3n) is 10.8. The first kappa shape index (κ1) is 24.4. The van der Waals surface area contributed by atoms with Crippen molar-refractivity contribution in [2.45, 2.75) is 96.7 Å². The fourth-order valence-electron chi connectivity index (χ4n) is 9.25. The molecule has 0 bridgehead atoms. The number of hydrogen-bond acceptors (Lipinski definition) is 6. The first-order valence-electron chi connectivity index (χ1n) is 12.5. The van der Waals surface area contributed by atoms with Crippen molar-refractivity contribution in [1.29, 1.82) is 0 Å². The Morgan fingerprint density at radius 2 is 1.66 bits per heavy atom. The maximum atomic E-state index is 12.1. The number of hydrogen-bond donors (Lipinski definition) is 6. The van der Waals surface area contributed by atoms with E-state index < -0.39 is 52.2 Å². The zero-order valence-corrected chi connectivity index (χ0v) is 19.9. The minimum Gasteiger partial charge on any atom is -0.481 e. The van der Waals surface area contributed by atoms with Crippen molar-refractivity contribution in [3.8, 4) is 0 Å². The quantitative estimate of drug-likeness (QED) is 0.359. The molecule has 10 atom stereocenters. The molecule has 4 saturated carbocycles. The van der Waals surface area contributed by atoms with Crippen LogP contribution < -0.4 is 0 Å². The summed E-state index contributed by atoms with van der Waals surface area (Å²) in [6, 6.07) is 0. The average Bonchev–Trinajstić information content (AvgIpc) is 3.02. The molecule has 1 unspecified atom stereocenters. The van der Waals surface area contributed by atoms with Gasteiger partial charge in [0, 0.05) is 18.8 Å². The van der Waals surface area contributed by atoms with Gasteiger partial charge < -0.3 is 30.6 Å². The van der Waals surface area contributed by atoms with Crippen molar-refractivity contribution >= 4 is 5.97 Å². The Morgan fingerprint density at radius 1 is 1.00 bits per heavy atom. The van der Waals surface area contributed by atoms with Gasteiger partial charge in [-0.25, -0.2) is 0 Å². The molecule has 4 fully saturated rings. The zero-order chi connectivity index (χ0) is 23.9. The number of fused-ring (bicyclic) bond motifs is 5. The molecular formula is C25H42O7. The lowest BCUT2D eigenvalue weighted by Gasteiger charge is -2.66. The van der Waals surface area contributed by atoms with Gasteiger partial charge in [0.2, 0.25) is 0 Å². The highest BCUT2D eigenvalue weighted by atomic mass is 16.5. The molecule has 7 heteroatoms. The molecule has 4 aliphatic rings. The average molecular weight is 455 g/mol. The molecule has 0 saturated heterocycles. The zero-order valence-electron chi connectivity index (χ0n) is 19.9. The molecule has 0 spiro atoms. The summed E-state index contributed by atoms with van der Waals surface area (Å²) in [7, 11) is 0. The maximum Gasteiger partial charge on any atom is 0.312 e. The Morgan fingerprint density at radius 3 is 2.25 bits per heavy atom. The van der Waals surface area contributed by atoms with Crippen LogP contribution in [0, 0.1) is 52.3 Å². The van der Waals surface area contributed by atoms with Gasteiger partial charge in [-0.05, 0) is 66.1 Å². The fourth-order valence-corrected chi connectivity index (χ4v) is 9.25. The summed E-state index contributed by atoms with van der Waals surface area (Å²) < 4.78 is 0. The van der Waals surface area contributed by atoms with Crippen LogP contribution in [0.15, 0.2) is 0 Å². The van der Waals surface area contributed by atoms with Gasteiger partial charge in [0.15, 0.2) is 11.6 Å². The van der Waals surface area contributed by atoms with Crippen LogP contribution in [0.4, 0.5) is 0 Å². The van der Waals surface area contributed by atoms with E-state index in [2.05, 4.69) is 20.8 Å². The number of carboxylic acid groups (broad SMARTS) is 1. The summed E-state index contributed by atoms with van der Waals surface area (Å²) >= 11 is 0. The summed E-state index contributed by atoms with van der Waals surface area (Å²) in [5, 5.41) is 65.1. The summed E-state index contributed by atoms with van der Waals surface area (Å²) in [6.07, 6.45) is 3.83. The molecule has 6 N–H and O–H groups in total. The van der Waals surface area contributed by atoms with Crippen molar-refractivity contribution in [1.82, 2.24) is 0 Å². The highest BCUT2D eigenvalue weighted by Crippen LogP contribution is 2.70. The smallest absolute Gasteiger partial charge is 0.312 e. The first-order valence-corrected chi connectivity index (χ1v) is 12.5. The van der Waals surface area contributed by atoms with Crippen LogP contribution >= 0.6 is 0 Å². The lowest BCUT2D eigenvalue weighted by Crippen LogP contribution is -2.69. The second-order valence-electron chi connectivity index (χ2n) is 12.2. The summed E-state index contributed by atoms with van der Waals surface area (Å²) in [6.45, 7) is 8.50. The van der Waals surface area contributed by atoms with Crippen molar-refractivity contribution in [3.63, 3.8) is 0 Å². The molecule has 0 heterocycles. The summed E-state index contributed by atoms with van der Waals surface area (Å²) in [4.78, 5) is 12.1. The topological polar surface area (TPSA) is 138 Å². The normalized spacial score (nSPS) is 50.1. The van der Waals surface area contributed by atoms with Crippen LogP contribution in [0.2, 0.25) is 0 Å². The SMILES string of the molecule is CCC[C@@H](C)[C@H]1CC[C@H]2[C@H]3[C@H](C[C@H](O)[C@]12C)[C@@]1(C)CCC(O)(O)C(C(=O)O)[C@H]1CC3(O)O. The molecule has 7 nitrogen and oxygen atoms in total. The predicted octanol–water partition coefficient (Wildman–Crippen LogP) is 2.33. The Balaban J connectivity index is 1.75. The highest BCUT2D eigenvalue weighted by molar-refractivity contribution is 5.72. The van der Waals surface area contributed by atoms with Gasteiger partial charge in [0.1, 0.15) is 5.92 Å². The van der Waals surface area contributed by atoms with E-state index in [-0.39, 0.29) is 24.7 Å². The molecule has 32 heavy (non-hydrogen) atoms. The Hall–Kier alpha value is -0.730. The molecule has 184 valence electrons. The lowest BCUT2D eigenvalue weighted by molar-refractivity contribution is -0.340. The maximum absolute atomic E-state index is 12.1. The van der Waals surface area contributed by atoms with Crippen molar-refractivity contribution in [3.05, 3.63) is 0 Å². The molecule has 0 aliphatic heterocycles. The van der Waals surface area contributed by atoms with E-state index in [1.54, 1.807) is 0 Å². The van der Waals surface area contributed by atoms with E-state index >= 15 is 0 Å². The van der Waals surface area contributed by atoms with Crippen LogP contribution in [-0.2, 0) is 4.79 Å². The van der Waals surface area contributed by atoms with Gasteiger partial charge >= 0.3 is 5.97 Å². The molecule has 0 aromatic heterocycles. The summed E-state index contributed by atoms with van der Waals surface area (Å²) in [5.74, 6) is -8.17. The molecule has 4 rings (SSSR count). The molecule has 0 radical (unpaired) electrons. The number of aliphatic hydroxyl groups is 5. The Bertz CT molecular complexity index is 751.